The molecule has 0 spiro atoms. The van der Waals surface area contributed by atoms with Crippen LogP contribution in [0.2, 0.25) is 0 Å². The number of aliphatic hydroxyl groups is 1. The van der Waals surface area contributed by atoms with Crippen LogP contribution in [0, 0.1) is 11.8 Å². The summed E-state index contributed by atoms with van der Waals surface area (Å²) in [5.74, 6) is -3.63. The standard InChI is InChI=1S/C19H26N4O7S/c1-7-12-11(9(3)24)17(27)23(12)13(18(28)29)14(7)31-6-10-16(26)22(19(30)20-10)8(2)15(25)21(4)5/h7-12,24H,6H2,1-5H3,(H,20,30)(H,28,29)/t7-,8?,9-,10+,11-,12-/m1/s1. The van der Waals surface area contributed by atoms with Crippen LogP contribution in [0.15, 0.2) is 10.6 Å². The third kappa shape index (κ3) is 3.57. The highest BCUT2D eigenvalue weighted by Crippen LogP contribution is 2.50. The van der Waals surface area contributed by atoms with Gasteiger partial charge in [0.15, 0.2) is 0 Å². The molecule has 0 aromatic rings. The highest BCUT2D eigenvalue weighted by atomic mass is 32.2. The Morgan fingerprint density at radius 2 is 1.81 bits per heavy atom. The molecule has 31 heavy (non-hydrogen) atoms. The molecule has 11 nitrogen and oxygen atoms in total. The van der Waals surface area contributed by atoms with Gasteiger partial charge in [-0.05, 0) is 13.8 Å². The molecular formula is C19H26N4O7S. The number of likely N-dealkylation sites (N-methyl/N-ethyl adjacent to an activating group) is 1. The molecule has 3 rings (SSSR count). The first-order chi connectivity index (χ1) is 14.4. The lowest BCUT2D eigenvalue weighted by Crippen LogP contribution is -2.63. The smallest absolute Gasteiger partial charge is 0.353 e. The monoisotopic (exact) mass is 454 g/mol. The summed E-state index contributed by atoms with van der Waals surface area (Å²) in [7, 11) is 3.05. The number of aliphatic hydroxyl groups excluding tert-OH is 1. The number of carbonyl (C=O) groups excluding carboxylic acids is 4. The van der Waals surface area contributed by atoms with Crippen LogP contribution in [-0.2, 0) is 19.2 Å². The molecule has 3 aliphatic rings. The maximum absolute atomic E-state index is 12.7. The number of carboxylic acid groups (broad SMARTS) is 1. The van der Waals surface area contributed by atoms with Crippen molar-refractivity contribution >= 4 is 41.5 Å². The minimum Gasteiger partial charge on any atom is -0.477 e. The quantitative estimate of drug-likeness (QED) is 0.337. The van der Waals surface area contributed by atoms with Crippen LogP contribution < -0.4 is 5.32 Å². The van der Waals surface area contributed by atoms with Gasteiger partial charge in [0.2, 0.25) is 11.8 Å². The Labute approximate surface area is 183 Å². The molecular weight excluding hydrogens is 428 g/mol. The van der Waals surface area contributed by atoms with Crippen LogP contribution in [0.4, 0.5) is 4.79 Å². The van der Waals surface area contributed by atoms with Crippen molar-refractivity contribution in [3.05, 3.63) is 10.6 Å². The second-order valence-electron chi connectivity index (χ2n) is 8.20. The first-order valence-corrected chi connectivity index (χ1v) is 10.8. The van der Waals surface area contributed by atoms with Crippen LogP contribution in [0.1, 0.15) is 20.8 Å². The predicted octanol–water partition coefficient (Wildman–Crippen LogP) is -0.730. The van der Waals surface area contributed by atoms with E-state index in [4.69, 9.17) is 0 Å². The number of imide groups is 1. The number of nitrogens with one attached hydrogen (secondary N) is 1. The van der Waals surface area contributed by atoms with E-state index in [2.05, 4.69) is 5.32 Å². The highest BCUT2D eigenvalue weighted by molar-refractivity contribution is 8.03. The lowest BCUT2D eigenvalue weighted by molar-refractivity contribution is -0.163. The van der Waals surface area contributed by atoms with E-state index in [1.54, 1.807) is 6.92 Å². The maximum atomic E-state index is 12.7. The summed E-state index contributed by atoms with van der Waals surface area (Å²) in [6, 6.07) is -3.04. The maximum Gasteiger partial charge on any atom is 0.353 e. The average Bonchev–Trinajstić information content (AvgIpc) is 3.09. The third-order valence-electron chi connectivity index (χ3n) is 5.95. The molecule has 0 bridgehead atoms. The Morgan fingerprint density at radius 3 is 2.32 bits per heavy atom. The molecule has 1 unspecified atom stereocenters. The fourth-order valence-corrected chi connectivity index (χ4v) is 5.70. The number of thioether (sulfide) groups is 1. The number of carbonyl (C=O) groups is 5. The SMILES string of the molecule is CC(C(=O)N(C)C)N1C(=O)N[C@@H](CSC2=C(C(=O)O)N3C(=O)[C@H]([C@@H](C)O)[C@H]3[C@H]2C)C1=O. The van der Waals surface area contributed by atoms with E-state index < -0.39 is 59.9 Å². The zero-order valence-electron chi connectivity index (χ0n) is 17.9. The largest absolute Gasteiger partial charge is 0.477 e. The van der Waals surface area contributed by atoms with Crippen LogP contribution in [0.25, 0.3) is 0 Å². The molecule has 5 amide bonds. The van der Waals surface area contributed by atoms with Crippen LogP contribution >= 0.6 is 11.8 Å². The number of amides is 5. The number of urea groups is 1. The van der Waals surface area contributed by atoms with Gasteiger partial charge < -0.3 is 25.3 Å². The molecule has 0 aliphatic carbocycles. The summed E-state index contributed by atoms with van der Waals surface area (Å²) in [6.07, 6.45) is -0.907. The van der Waals surface area contributed by atoms with Crippen molar-refractivity contribution in [2.45, 2.75) is 45.0 Å². The van der Waals surface area contributed by atoms with Gasteiger partial charge in [-0.1, -0.05) is 6.92 Å². The van der Waals surface area contributed by atoms with Gasteiger partial charge in [-0.25, -0.2) is 9.59 Å². The summed E-state index contributed by atoms with van der Waals surface area (Å²) in [5, 5.41) is 22.1. The molecule has 3 aliphatic heterocycles. The second kappa shape index (κ2) is 8.15. The molecule has 12 heteroatoms. The Hall–Kier alpha value is -2.60. The zero-order valence-corrected chi connectivity index (χ0v) is 18.7. The molecule has 0 aromatic heterocycles. The number of aliphatic carboxylic acids is 1. The van der Waals surface area contributed by atoms with Crippen molar-refractivity contribution in [2.24, 2.45) is 11.8 Å². The van der Waals surface area contributed by atoms with E-state index in [0.29, 0.717) is 4.91 Å². The number of hydrogen-bond acceptors (Lipinski definition) is 7. The Balaban J connectivity index is 1.76. The molecule has 6 atom stereocenters. The van der Waals surface area contributed by atoms with Crippen molar-refractivity contribution in [1.82, 2.24) is 20.0 Å². The van der Waals surface area contributed by atoms with E-state index >= 15 is 0 Å². The van der Waals surface area contributed by atoms with Crippen molar-refractivity contribution in [1.29, 1.82) is 0 Å². The molecule has 3 N–H and O–H groups in total. The number of nitrogens with zero attached hydrogens (tertiary/aromatic N) is 3. The summed E-state index contributed by atoms with van der Waals surface area (Å²) >= 11 is 1.09. The predicted molar refractivity (Wildman–Crippen MR) is 109 cm³/mol. The molecule has 0 aromatic carbocycles. The summed E-state index contributed by atoms with van der Waals surface area (Å²) < 4.78 is 0. The third-order valence-corrected chi connectivity index (χ3v) is 7.33. The summed E-state index contributed by atoms with van der Waals surface area (Å²) in [6.45, 7) is 4.73. The van der Waals surface area contributed by atoms with Crippen LogP contribution in [-0.4, -0.2) is 98.7 Å². The van der Waals surface area contributed by atoms with E-state index in [0.717, 1.165) is 16.7 Å². The van der Waals surface area contributed by atoms with Crippen molar-refractivity contribution < 1.29 is 34.2 Å². The van der Waals surface area contributed by atoms with E-state index in [-0.39, 0.29) is 17.4 Å². The Bertz CT molecular complexity index is 886. The summed E-state index contributed by atoms with van der Waals surface area (Å²) in [5.41, 5.74) is -0.144. The van der Waals surface area contributed by atoms with E-state index in [9.17, 15) is 34.2 Å². The van der Waals surface area contributed by atoms with Gasteiger partial charge in [-0.3, -0.25) is 19.3 Å². The lowest BCUT2D eigenvalue weighted by atomic mass is 9.79. The minimum absolute atomic E-state index is 0.0501. The van der Waals surface area contributed by atoms with Crippen LogP contribution in [0.3, 0.4) is 0 Å². The van der Waals surface area contributed by atoms with Crippen molar-refractivity contribution in [3.63, 3.8) is 0 Å². The number of β-lactam (4-membered cyclic amide) rings is 1. The molecule has 0 radical (unpaired) electrons. The average molecular weight is 455 g/mol. The van der Waals surface area contributed by atoms with Gasteiger partial charge in [0.05, 0.1) is 18.1 Å². The molecule has 170 valence electrons. The topological polar surface area (TPSA) is 148 Å². The first kappa shape index (κ1) is 23.1. The first-order valence-electron chi connectivity index (χ1n) is 9.86. The van der Waals surface area contributed by atoms with E-state index in [1.165, 1.54) is 37.7 Å². The molecule has 0 saturated carbocycles. The zero-order chi connectivity index (χ0) is 23.4. The number of rotatable bonds is 7. The van der Waals surface area contributed by atoms with Gasteiger partial charge in [0.25, 0.3) is 5.91 Å². The highest BCUT2D eigenvalue weighted by Gasteiger charge is 2.60. The Kier molecular flexibility index (Phi) is 6.07. The fraction of sp³-hybridized carbons (Fsp3) is 0.632. The fourth-order valence-electron chi connectivity index (χ4n) is 4.40. The second-order valence-corrected chi connectivity index (χ2v) is 9.26. The van der Waals surface area contributed by atoms with Gasteiger partial charge in [0.1, 0.15) is 17.8 Å². The number of carboxylic acids is 1. The summed E-state index contributed by atoms with van der Waals surface area (Å²) in [4.78, 5) is 65.2. The van der Waals surface area contributed by atoms with Gasteiger partial charge >= 0.3 is 12.0 Å². The van der Waals surface area contributed by atoms with Gasteiger partial charge in [-0.15, -0.1) is 11.8 Å². The van der Waals surface area contributed by atoms with E-state index in [1.807, 2.05) is 0 Å². The van der Waals surface area contributed by atoms with Gasteiger partial charge in [-0.2, -0.15) is 0 Å². The molecule has 3 heterocycles. The molecule has 2 saturated heterocycles. The van der Waals surface area contributed by atoms with Crippen molar-refractivity contribution in [2.75, 3.05) is 19.8 Å². The number of hydrogen-bond donors (Lipinski definition) is 3. The van der Waals surface area contributed by atoms with Crippen molar-refractivity contribution in [3.8, 4) is 0 Å². The van der Waals surface area contributed by atoms with Gasteiger partial charge in [0, 0.05) is 30.7 Å². The minimum atomic E-state index is -1.26. The number of fused-ring (bicyclic) bond motifs is 1. The lowest BCUT2D eigenvalue weighted by Gasteiger charge is -2.46. The van der Waals surface area contributed by atoms with Crippen LogP contribution in [0.5, 0.6) is 0 Å². The Morgan fingerprint density at radius 1 is 1.19 bits per heavy atom. The molecule has 2 fully saturated rings. The normalized spacial score (nSPS) is 29.5.